The molecule has 6 nitrogen and oxygen atoms in total. The Bertz CT molecular complexity index is 961. The maximum Gasteiger partial charge on any atom is 0.251 e. The lowest BCUT2D eigenvalue weighted by Crippen LogP contribution is -2.43. The average Bonchev–Trinajstić information content (AvgIpc) is 3.14. The molecule has 8 heteroatoms. The Morgan fingerprint density at radius 1 is 1.17 bits per heavy atom. The lowest BCUT2D eigenvalue weighted by molar-refractivity contribution is 0.0937. The number of anilines is 1. The summed E-state index contributed by atoms with van der Waals surface area (Å²) in [5.41, 5.74) is 1.39. The fourth-order valence-electron chi connectivity index (χ4n) is 2.69. The molecule has 0 aliphatic carbocycles. The monoisotopic (exact) mass is 414 g/mol. The van der Waals surface area contributed by atoms with Crippen LogP contribution in [0.15, 0.2) is 48.5 Å². The molecule has 1 aromatic heterocycles. The Balaban J connectivity index is 1.54. The smallest absolute Gasteiger partial charge is 0.251 e. The van der Waals surface area contributed by atoms with Gasteiger partial charge in [-0.15, -0.1) is 0 Å². The number of aromatic nitrogens is 2. The van der Waals surface area contributed by atoms with Crippen molar-refractivity contribution in [3.8, 4) is 5.75 Å². The predicted octanol–water partition coefficient (Wildman–Crippen LogP) is 3.90. The van der Waals surface area contributed by atoms with Gasteiger partial charge in [0.15, 0.2) is 0 Å². The van der Waals surface area contributed by atoms with Gasteiger partial charge in [0, 0.05) is 35.6 Å². The van der Waals surface area contributed by atoms with Gasteiger partial charge in [-0.25, -0.2) is 9.37 Å². The summed E-state index contributed by atoms with van der Waals surface area (Å²) >= 11 is 1.25. The molecule has 2 aromatic carbocycles. The van der Waals surface area contributed by atoms with Crippen LogP contribution in [0.4, 0.5) is 9.52 Å². The topological polar surface area (TPSA) is 76.1 Å². The molecule has 0 aliphatic rings. The Morgan fingerprint density at radius 2 is 1.93 bits per heavy atom. The summed E-state index contributed by atoms with van der Waals surface area (Å²) in [6.07, 6.45) is 0.466. The fraction of sp³-hybridized carbons (Fsp3) is 0.286. The maximum atomic E-state index is 13.3. The van der Waals surface area contributed by atoms with Crippen molar-refractivity contribution in [2.75, 3.05) is 12.4 Å². The second kappa shape index (κ2) is 9.47. The average molecular weight is 415 g/mol. The van der Waals surface area contributed by atoms with E-state index in [0.29, 0.717) is 28.7 Å². The number of carbonyl (C=O) groups is 1. The highest BCUT2D eigenvalue weighted by Crippen LogP contribution is 2.17. The summed E-state index contributed by atoms with van der Waals surface area (Å²) in [6, 6.07) is 13.2. The number of halogens is 1. The van der Waals surface area contributed by atoms with Crippen LogP contribution in [-0.2, 0) is 6.42 Å². The van der Waals surface area contributed by atoms with Crippen molar-refractivity contribution in [3.63, 3.8) is 0 Å². The molecule has 0 spiro atoms. The first-order valence-electron chi connectivity index (χ1n) is 9.23. The molecule has 0 aliphatic heterocycles. The summed E-state index contributed by atoms with van der Waals surface area (Å²) in [7, 11) is 1.58. The van der Waals surface area contributed by atoms with Gasteiger partial charge in [0.05, 0.1) is 7.11 Å². The number of amides is 1. The minimum absolute atomic E-state index is 0.0628. The third kappa shape index (κ3) is 5.74. The van der Waals surface area contributed by atoms with Gasteiger partial charge in [-0.3, -0.25) is 4.79 Å². The number of nitrogens with zero attached hydrogens (tertiary/aromatic N) is 2. The van der Waals surface area contributed by atoms with E-state index in [1.54, 1.807) is 37.4 Å². The molecule has 3 rings (SSSR count). The van der Waals surface area contributed by atoms with Crippen molar-refractivity contribution in [3.05, 3.63) is 71.3 Å². The van der Waals surface area contributed by atoms with E-state index in [4.69, 9.17) is 4.74 Å². The molecular formula is C21H23FN4O2S. The molecule has 1 heterocycles. The van der Waals surface area contributed by atoms with Gasteiger partial charge in [-0.2, -0.15) is 4.37 Å². The normalized spacial score (nSPS) is 12.8. The predicted molar refractivity (Wildman–Crippen MR) is 112 cm³/mol. The van der Waals surface area contributed by atoms with E-state index in [-0.39, 0.29) is 23.8 Å². The van der Waals surface area contributed by atoms with Gasteiger partial charge in [0.2, 0.25) is 5.13 Å². The molecule has 3 aromatic rings. The Morgan fingerprint density at radius 3 is 2.62 bits per heavy atom. The number of rotatable bonds is 8. The fourth-order valence-corrected chi connectivity index (χ4v) is 3.37. The zero-order valence-electron chi connectivity index (χ0n) is 16.5. The molecule has 0 saturated carbocycles. The highest BCUT2D eigenvalue weighted by atomic mass is 32.1. The minimum Gasteiger partial charge on any atom is -0.497 e. The molecule has 0 fully saturated rings. The number of methoxy groups -OCH3 is 1. The highest BCUT2D eigenvalue weighted by Gasteiger charge is 2.17. The molecule has 0 radical (unpaired) electrons. The van der Waals surface area contributed by atoms with Crippen molar-refractivity contribution < 1.29 is 13.9 Å². The third-order valence-electron chi connectivity index (χ3n) is 4.53. The van der Waals surface area contributed by atoms with Gasteiger partial charge in [-0.05, 0) is 55.8 Å². The summed E-state index contributed by atoms with van der Waals surface area (Å²) in [5, 5.41) is 6.91. The summed E-state index contributed by atoms with van der Waals surface area (Å²) in [5.74, 6) is 0.907. The van der Waals surface area contributed by atoms with E-state index in [2.05, 4.69) is 20.0 Å². The van der Waals surface area contributed by atoms with Gasteiger partial charge in [0.1, 0.15) is 17.4 Å². The molecular weight excluding hydrogens is 391 g/mol. The van der Waals surface area contributed by atoms with E-state index in [1.165, 1.54) is 23.7 Å². The van der Waals surface area contributed by atoms with Crippen LogP contribution in [0.25, 0.3) is 0 Å². The third-order valence-corrected chi connectivity index (χ3v) is 5.22. The lowest BCUT2D eigenvalue weighted by Gasteiger charge is -2.22. The van der Waals surface area contributed by atoms with Crippen molar-refractivity contribution >= 4 is 22.6 Å². The quantitative estimate of drug-likeness (QED) is 0.585. The van der Waals surface area contributed by atoms with Crippen LogP contribution >= 0.6 is 11.5 Å². The van der Waals surface area contributed by atoms with Crippen LogP contribution in [0.2, 0.25) is 0 Å². The zero-order chi connectivity index (χ0) is 20.8. The molecule has 0 bridgehead atoms. The van der Waals surface area contributed by atoms with Crippen LogP contribution < -0.4 is 15.4 Å². The first-order chi connectivity index (χ1) is 13.9. The Labute approximate surface area is 173 Å². The SMILES string of the molecule is COc1ccc(C(=O)NC(C)C(C)Nc2nc(Cc3cccc(F)c3)ns2)cc1. The molecule has 1 amide bonds. The van der Waals surface area contributed by atoms with Crippen LogP contribution in [0.1, 0.15) is 35.6 Å². The largest absolute Gasteiger partial charge is 0.497 e. The van der Waals surface area contributed by atoms with Gasteiger partial charge in [0.25, 0.3) is 5.91 Å². The van der Waals surface area contributed by atoms with Crippen molar-refractivity contribution in [1.29, 1.82) is 0 Å². The van der Waals surface area contributed by atoms with Crippen molar-refractivity contribution in [2.45, 2.75) is 32.4 Å². The van der Waals surface area contributed by atoms with Crippen LogP contribution in [0, 0.1) is 5.82 Å². The summed E-state index contributed by atoms with van der Waals surface area (Å²) in [6.45, 7) is 3.89. The number of benzene rings is 2. The van der Waals surface area contributed by atoms with E-state index < -0.39 is 0 Å². The second-order valence-electron chi connectivity index (χ2n) is 6.75. The van der Waals surface area contributed by atoms with E-state index in [9.17, 15) is 9.18 Å². The number of nitrogens with one attached hydrogen (secondary N) is 2. The van der Waals surface area contributed by atoms with E-state index >= 15 is 0 Å². The van der Waals surface area contributed by atoms with E-state index in [1.807, 2.05) is 19.9 Å². The second-order valence-corrected chi connectivity index (χ2v) is 7.50. The first-order valence-corrected chi connectivity index (χ1v) is 10.0. The summed E-state index contributed by atoms with van der Waals surface area (Å²) in [4.78, 5) is 16.9. The van der Waals surface area contributed by atoms with Crippen molar-refractivity contribution in [2.24, 2.45) is 0 Å². The number of hydrogen-bond acceptors (Lipinski definition) is 6. The molecule has 152 valence electrons. The van der Waals surface area contributed by atoms with Crippen LogP contribution in [0.3, 0.4) is 0 Å². The molecule has 2 unspecified atom stereocenters. The molecule has 2 N–H and O–H groups in total. The summed E-state index contributed by atoms with van der Waals surface area (Å²) < 4.78 is 22.7. The Kier molecular flexibility index (Phi) is 6.77. The molecule has 0 saturated heterocycles. The van der Waals surface area contributed by atoms with Gasteiger partial charge < -0.3 is 15.4 Å². The number of carbonyl (C=O) groups excluding carboxylic acids is 1. The van der Waals surface area contributed by atoms with Gasteiger partial charge >= 0.3 is 0 Å². The molecule has 2 atom stereocenters. The maximum absolute atomic E-state index is 13.3. The highest BCUT2D eigenvalue weighted by molar-refractivity contribution is 7.09. The van der Waals surface area contributed by atoms with Crippen LogP contribution in [-0.4, -0.2) is 34.5 Å². The molecule has 29 heavy (non-hydrogen) atoms. The standard InChI is InChI=1S/C21H23FN4O2S/c1-13(23-20(27)16-7-9-18(28-3)10-8-16)14(2)24-21-25-19(26-29-21)12-15-5-4-6-17(22)11-15/h4-11,13-14H,12H2,1-3H3,(H,23,27)(H,24,25,26). The Hall–Kier alpha value is -3.00. The minimum atomic E-state index is -0.272. The number of ether oxygens (including phenoxy) is 1. The first kappa shape index (κ1) is 20.7. The zero-order valence-corrected chi connectivity index (χ0v) is 17.3. The van der Waals surface area contributed by atoms with Gasteiger partial charge in [-0.1, -0.05) is 12.1 Å². The lowest BCUT2D eigenvalue weighted by atomic mass is 10.1. The van der Waals surface area contributed by atoms with Crippen LogP contribution in [0.5, 0.6) is 5.75 Å². The number of hydrogen-bond donors (Lipinski definition) is 2. The van der Waals surface area contributed by atoms with E-state index in [0.717, 1.165) is 5.56 Å². The van der Waals surface area contributed by atoms with Crippen molar-refractivity contribution in [1.82, 2.24) is 14.7 Å².